The minimum Gasteiger partial charge on any atom is -0.496 e. The highest BCUT2D eigenvalue weighted by Crippen LogP contribution is 2.58. The molecular weight excluding hydrogens is 300 g/mol. The third-order valence-electron chi connectivity index (χ3n) is 5.35. The summed E-state index contributed by atoms with van der Waals surface area (Å²) in [4.78, 5) is 0. The van der Waals surface area contributed by atoms with E-state index in [1.807, 2.05) is 0 Å². The fourth-order valence-corrected chi connectivity index (χ4v) is 5.30. The lowest BCUT2D eigenvalue weighted by molar-refractivity contribution is 0.195. The van der Waals surface area contributed by atoms with Crippen LogP contribution in [-0.2, 0) is 6.42 Å². The smallest absolute Gasteiger partial charge is 0.122 e. The molecule has 0 aromatic heterocycles. The van der Waals surface area contributed by atoms with E-state index in [2.05, 4.69) is 41.1 Å². The maximum absolute atomic E-state index is 5.56. The van der Waals surface area contributed by atoms with E-state index >= 15 is 0 Å². The SMILES string of the molecule is COc1ccc(C)cc1CC1(CBr)CC2CCC1C2. The number of methoxy groups -OCH3 is 1. The van der Waals surface area contributed by atoms with E-state index in [9.17, 15) is 0 Å². The first kappa shape index (κ1) is 13.5. The van der Waals surface area contributed by atoms with Crippen molar-refractivity contribution in [3.8, 4) is 5.75 Å². The predicted molar refractivity (Wildman–Crippen MR) is 83.1 cm³/mol. The number of fused-ring (bicyclic) bond motifs is 2. The van der Waals surface area contributed by atoms with Crippen molar-refractivity contribution < 1.29 is 4.74 Å². The molecule has 3 unspecified atom stereocenters. The summed E-state index contributed by atoms with van der Waals surface area (Å²) < 4.78 is 5.56. The zero-order chi connectivity index (χ0) is 13.5. The number of hydrogen-bond donors (Lipinski definition) is 0. The van der Waals surface area contributed by atoms with Crippen molar-refractivity contribution in [2.24, 2.45) is 17.3 Å². The van der Waals surface area contributed by atoms with Crippen LogP contribution in [0.15, 0.2) is 18.2 Å². The van der Waals surface area contributed by atoms with E-state index < -0.39 is 0 Å². The van der Waals surface area contributed by atoms with E-state index in [1.54, 1.807) is 7.11 Å². The third-order valence-corrected chi connectivity index (χ3v) is 6.46. The van der Waals surface area contributed by atoms with Gasteiger partial charge in [-0.3, -0.25) is 0 Å². The van der Waals surface area contributed by atoms with Crippen molar-refractivity contribution >= 4 is 15.9 Å². The molecule has 3 atom stereocenters. The maximum Gasteiger partial charge on any atom is 0.122 e. The Morgan fingerprint density at radius 1 is 1.37 bits per heavy atom. The van der Waals surface area contributed by atoms with Gasteiger partial charge in [0.1, 0.15) is 5.75 Å². The number of ether oxygens (including phenoxy) is 1. The van der Waals surface area contributed by atoms with E-state index in [-0.39, 0.29) is 0 Å². The van der Waals surface area contributed by atoms with Crippen LogP contribution in [0.5, 0.6) is 5.75 Å². The molecule has 104 valence electrons. The Hall–Kier alpha value is -0.500. The van der Waals surface area contributed by atoms with Gasteiger partial charge in [-0.25, -0.2) is 0 Å². The van der Waals surface area contributed by atoms with Gasteiger partial charge in [0.2, 0.25) is 0 Å². The number of halogens is 1. The highest BCUT2D eigenvalue weighted by atomic mass is 79.9. The predicted octanol–water partition coefficient (Wildman–Crippen LogP) is 4.75. The number of alkyl halides is 1. The van der Waals surface area contributed by atoms with Crippen molar-refractivity contribution in [3.05, 3.63) is 29.3 Å². The van der Waals surface area contributed by atoms with Gasteiger partial charge in [0.05, 0.1) is 7.11 Å². The number of hydrogen-bond acceptors (Lipinski definition) is 1. The quantitative estimate of drug-likeness (QED) is 0.727. The molecular formula is C17H23BrO. The second kappa shape index (κ2) is 5.12. The van der Waals surface area contributed by atoms with Gasteiger partial charge in [0.15, 0.2) is 0 Å². The van der Waals surface area contributed by atoms with Crippen LogP contribution in [0.1, 0.15) is 36.8 Å². The van der Waals surface area contributed by atoms with Gasteiger partial charge in [-0.1, -0.05) is 40.0 Å². The van der Waals surface area contributed by atoms with Crippen molar-refractivity contribution in [1.82, 2.24) is 0 Å². The van der Waals surface area contributed by atoms with Crippen LogP contribution < -0.4 is 4.74 Å². The summed E-state index contributed by atoms with van der Waals surface area (Å²) in [6.07, 6.45) is 6.93. The maximum atomic E-state index is 5.56. The van der Waals surface area contributed by atoms with Crippen molar-refractivity contribution in [2.75, 3.05) is 12.4 Å². The first-order valence-electron chi connectivity index (χ1n) is 7.36. The van der Waals surface area contributed by atoms with Crippen LogP contribution in [0.4, 0.5) is 0 Å². The summed E-state index contributed by atoms with van der Waals surface area (Å²) >= 11 is 3.82. The van der Waals surface area contributed by atoms with Gasteiger partial charge >= 0.3 is 0 Å². The van der Waals surface area contributed by atoms with Crippen LogP contribution >= 0.6 is 15.9 Å². The van der Waals surface area contributed by atoms with Gasteiger partial charge in [0, 0.05) is 5.33 Å². The highest BCUT2D eigenvalue weighted by Gasteiger charge is 2.50. The lowest BCUT2D eigenvalue weighted by Gasteiger charge is -2.37. The minimum atomic E-state index is 0.476. The average molecular weight is 323 g/mol. The van der Waals surface area contributed by atoms with Crippen LogP contribution in [0, 0.1) is 24.2 Å². The average Bonchev–Trinajstić information content (AvgIpc) is 3.00. The molecule has 1 aromatic carbocycles. The summed E-state index contributed by atoms with van der Waals surface area (Å²) in [7, 11) is 1.79. The molecule has 19 heavy (non-hydrogen) atoms. The van der Waals surface area contributed by atoms with E-state index in [4.69, 9.17) is 4.74 Å². The summed E-state index contributed by atoms with van der Waals surface area (Å²) in [6, 6.07) is 6.58. The zero-order valence-electron chi connectivity index (χ0n) is 11.9. The van der Waals surface area contributed by atoms with Gasteiger partial charge < -0.3 is 4.74 Å². The molecule has 1 aromatic rings. The topological polar surface area (TPSA) is 9.23 Å². The Bertz CT molecular complexity index is 470. The minimum absolute atomic E-state index is 0.476. The molecule has 2 fully saturated rings. The molecule has 2 heteroatoms. The van der Waals surface area contributed by atoms with E-state index in [1.165, 1.54) is 43.2 Å². The number of rotatable bonds is 4. The van der Waals surface area contributed by atoms with Crippen LogP contribution in [0.2, 0.25) is 0 Å². The monoisotopic (exact) mass is 322 g/mol. The summed E-state index contributed by atoms with van der Waals surface area (Å²) in [5, 5.41) is 1.14. The fraction of sp³-hybridized carbons (Fsp3) is 0.647. The molecule has 0 radical (unpaired) electrons. The fourth-order valence-electron chi connectivity index (χ4n) is 4.41. The van der Waals surface area contributed by atoms with Crippen LogP contribution in [-0.4, -0.2) is 12.4 Å². The Morgan fingerprint density at radius 3 is 2.79 bits per heavy atom. The van der Waals surface area contributed by atoms with Gasteiger partial charge in [-0.2, -0.15) is 0 Å². The van der Waals surface area contributed by atoms with Crippen molar-refractivity contribution in [1.29, 1.82) is 0 Å². The molecule has 2 aliphatic carbocycles. The largest absolute Gasteiger partial charge is 0.496 e. The molecule has 0 spiro atoms. The molecule has 0 N–H and O–H groups in total. The molecule has 0 heterocycles. The molecule has 2 saturated carbocycles. The molecule has 3 rings (SSSR count). The Kier molecular flexibility index (Phi) is 3.63. The third kappa shape index (κ3) is 2.33. The highest BCUT2D eigenvalue weighted by molar-refractivity contribution is 9.09. The van der Waals surface area contributed by atoms with Gasteiger partial charge in [-0.05, 0) is 61.5 Å². The second-order valence-corrected chi connectivity index (χ2v) is 7.13. The van der Waals surface area contributed by atoms with E-state index in [0.29, 0.717) is 5.41 Å². The standard InChI is InChI=1S/C17H23BrO/c1-12-3-6-16(19-2)14(7-12)10-17(11-18)9-13-4-5-15(17)8-13/h3,6-7,13,15H,4-5,8-11H2,1-2H3. The first-order valence-corrected chi connectivity index (χ1v) is 8.48. The first-order chi connectivity index (χ1) is 9.16. The number of benzene rings is 1. The Labute approximate surface area is 124 Å². The van der Waals surface area contributed by atoms with E-state index in [0.717, 1.165) is 22.9 Å². The summed E-state index contributed by atoms with van der Waals surface area (Å²) in [5.41, 5.74) is 3.21. The summed E-state index contributed by atoms with van der Waals surface area (Å²) in [5.74, 6) is 2.97. The molecule has 0 aliphatic heterocycles. The normalized spacial score (nSPS) is 32.8. The molecule has 1 nitrogen and oxygen atoms in total. The summed E-state index contributed by atoms with van der Waals surface area (Å²) in [6.45, 7) is 2.17. The molecule has 2 bridgehead atoms. The van der Waals surface area contributed by atoms with Crippen molar-refractivity contribution in [3.63, 3.8) is 0 Å². The van der Waals surface area contributed by atoms with Crippen LogP contribution in [0.25, 0.3) is 0 Å². The molecule has 0 saturated heterocycles. The molecule has 0 amide bonds. The van der Waals surface area contributed by atoms with Crippen LogP contribution in [0.3, 0.4) is 0 Å². The number of aryl methyl sites for hydroxylation is 1. The van der Waals surface area contributed by atoms with Gasteiger partial charge in [-0.15, -0.1) is 0 Å². The zero-order valence-corrected chi connectivity index (χ0v) is 13.5. The lowest BCUT2D eigenvalue weighted by atomic mass is 9.71. The molecule has 2 aliphatic rings. The Morgan fingerprint density at radius 2 is 2.21 bits per heavy atom. The Balaban J connectivity index is 1.89. The van der Waals surface area contributed by atoms with Crippen molar-refractivity contribution in [2.45, 2.75) is 39.0 Å². The second-order valence-electron chi connectivity index (χ2n) is 6.57. The lowest BCUT2D eigenvalue weighted by Crippen LogP contribution is -2.32. The van der Waals surface area contributed by atoms with Gasteiger partial charge in [0.25, 0.3) is 0 Å².